The molecule has 1 aliphatic heterocycles. The number of nitrogens with one attached hydrogen (secondary N) is 2. The number of nitrogens with zero attached hydrogens (tertiary/aromatic N) is 4. The number of anilines is 2. The number of alkyl halides is 2. The third-order valence-electron chi connectivity index (χ3n) is 8.28. The molecule has 1 amide bonds. The van der Waals surface area contributed by atoms with Gasteiger partial charge >= 0.3 is 6.09 Å². The van der Waals surface area contributed by atoms with Crippen molar-refractivity contribution in [3.8, 4) is 22.9 Å². The van der Waals surface area contributed by atoms with Crippen LogP contribution in [0.15, 0.2) is 60.9 Å². The average molecular weight is 631 g/mol. The van der Waals surface area contributed by atoms with E-state index in [1.807, 2.05) is 76.2 Å². The number of pyridine rings is 1. The fourth-order valence-electron chi connectivity index (χ4n) is 5.80. The number of carbonyl (C=O) groups excluding carboxylic acids is 1. The molecule has 1 aliphatic carbocycles. The van der Waals surface area contributed by atoms with Crippen molar-refractivity contribution in [2.24, 2.45) is 5.92 Å². The summed E-state index contributed by atoms with van der Waals surface area (Å²) in [6.45, 7) is 9.17. The van der Waals surface area contributed by atoms with Gasteiger partial charge in [-0.25, -0.2) is 28.5 Å². The van der Waals surface area contributed by atoms with E-state index in [1.165, 1.54) is 0 Å². The number of piperidine rings is 1. The number of amides is 1. The first-order valence-corrected chi connectivity index (χ1v) is 15.8. The lowest BCUT2D eigenvalue weighted by atomic mass is 10.0. The third kappa shape index (κ3) is 7.29. The summed E-state index contributed by atoms with van der Waals surface area (Å²) in [6, 6.07) is 15.4. The zero-order valence-electron chi connectivity index (χ0n) is 26.6. The van der Waals surface area contributed by atoms with E-state index in [2.05, 4.69) is 20.6 Å². The van der Waals surface area contributed by atoms with Gasteiger partial charge in [0, 0.05) is 66.9 Å². The molecule has 4 aromatic rings. The summed E-state index contributed by atoms with van der Waals surface area (Å²) in [7, 11) is 0. The molecule has 46 heavy (non-hydrogen) atoms. The second kappa shape index (κ2) is 12.7. The Morgan fingerprint density at radius 1 is 1.07 bits per heavy atom. The number of likely N-dealkylation sites (tertiary alicyclic amines) is 1. The van der Waals surface area contributed by atoms with Crippen LogP contribution in [0.4, 0.5) is 25.2 Å². The number of aromatic nitrogens is 3. The number of aryl methyl sites for hydroxylation is 1. The van der Waals surface area contributed by atoms with E-state index in [-0.39, 0.29) is 18.6 Å². The smallest absolute Gasteiger partial charge is 0.410 e. The van der Waals surface area contributed by atoms with Crippen molar-refractivity contribution in [3.63, 3.8) is 0 Å². The number of fused-ring (bicyclic) bond motifs is 1. The highest BCUT2D eigenvalue weighted by molar-refractivity contribution is 5.98. The van der Waals surface area contributed by atoms with E-state index in [9.17, 15) is 13.6 Å². The standard InChI is InChI=1S/C35H40F2N6O3/c1-22-12-13-25-26(9-5-11-28(25)38-17-14-23-20-35(23,36)37)30(22)45-31-27(10-6-16-39-31)29-15-18-40-32(42-29)41-24-8-7-19-43(21-24)33(44)46-34(2,3)4/h5-6,9-13,15-16,18,23-24,38H,7-8,14,17,19-21H2,1-4H3,(H,40,41,42)/t23-,24+/m1/s1. The Bertz CT molecular complexity index is 1730. The summed E-state index contributed by atoms with van der Waals surface area (Å²) >= 11 is 0. The van der Waals surface area contributed by atoms with Gasteiger partial charge in [-0.05, 0) is 76.8 Å². The van der Waals surface area contributed by atoms with Crippen LogP contribution in [0.2, 0.25) is 0 Å². The Morgan fingerprint density at radius 2 is 1.89 bits per heavy atom. The Morgan fingerprint density at radius 3 is 2.67 bits per heavy atom. The van der Waals surface area contributed by atoms with Gasteiger partial charge < -0.3 is 25.0 Å². The molecule has 0 spiro atoms. The van der Waals surface area contributed by atoms with Crippen molar-refractivity contribution >= 4 is 28.5 Å². The van der Waals surface area contributed by atoms with Crippen LogP contribution in [0.3, 0.4) is 0 Å². The molecular formula is C35H40F2N6O3. The highest BCUT2D eigenvalue weighted by Gasteiger charge is 2.55. The fraction of sp³-hybridized carbons (Fsp3) is 0.429. The highest BCUT2D eigenvalue weighted by atomic mass is 19.3. The van der Waals surface area contributed by atoms with E-state index in [1.54, 1.807) is 17.3 Å². The van der Waals surface area contributed by atoms with Crippen LogP contribution < -0.4 is 15.4 Å². The van der Waals surface area contributed by atoms with E-state index in [0.29, 0.717) is 54.9 Å². The minimum Gasteiger partial charge on any atom is -0.444 e. The maximum absolute atomic E-state index is 13.4. The molecule has 2 aliphatic rings. The van der Waals surface area contributed by atoms with Gasteiger partial charge in [-0.3, -0.25) is 0 Å². The summed E-state index contributed by atoms with van der Waals surface area (Å²) in [4.78, 5) is 28.2. The molecule has 2 atom stereocenters. The maximum Gasteiger partial charge on any atom is 0.410 e. The molecule has 0 bridgehead atoms. The van der Waals surface area contributed by atoms with Gasteiger partial charge in [0.15, 0.2) is 0 Å². The van der Waals surface area contributed by atoms with Gasteiger partial charge in [-0.1, -0.05) is 24.3 Å². The molecule has 242 valence electrons. The maximum atomic E-state index is 13.4. The summed E-state index contributed by atoms with van der Waals surface area (Å²) in [5.41, 5.74) is 2.57. The lowest BCUT2D eigenvalue weighted by molar-refractivity contribution is 0.0206. The summed E-state index contributed by atoms with van der Waals surface area (Å²) in [5, 5.41) is 8.56. The molecule has 3 heterocycles. The topological polar surface area (TPSA) is 102 Å². The monoisotopic (exact) mass is 630 g/mol. The molecule has 1 saturated carbocycles. The van der Waals surface area contributed by atoms with Crippen LogP contribution in [-0.4, -0.2) is 63.1 Å². The summed E-state index contributed by atoms with van der Waals surface area (Å²) in [6.07, 6.45) is 5.16. The molecular weight excluding hydrogens is 590 g/mol. The number of hydrogen-bond donors (Lipinski definition) is 2. The molecule has 2 aromatic carbocycles. The van der Waals surface area contributed by atoms with Crippen molar-refractivity contribution < 1.29 is 23.0 Å². The lowest BCUT2D eigenvalue weighted by Crippen LogP contribution is -2.47. The molecule has 9 nitrogen and oxygen atoms in total. The Labute approximate surface area is 267 Å². The molecule has 2 N–H and O–H groups in total. The first-order chi connectivity index (χ1) is 22.0. The molecule has 2 fully saturated rings. The first kappa shape index (κ1) is 31.4. The van der Waals surface area contributed by atoms with Crippen LogP contribution >= 0.6 is 0 Å². The normalized spacial score (nSPS) is 19.0. The second-order valence-corrected chi connectivity index (χ2v) is 13.1. The van der Waals surface area contributed by atoms with Crippen LogP contribution in [0.1, 0.15) is 52.0 Å². The number of ether oxygens (including phenoxy) is 2. The lowest BCUT2D eigenvalue weighted by Gasteiger charge is -2.34. The summed E-state index contributed by atoms with van der Waals surface area (Å²) in [5.74, 6) is -1.55. The van der Waals surface area contributed by atoms with Crippen molar-refractivity contribution in [2.45, 2.75) is 70.9 Å². The molecule has 0 radical (unpaired) electrons. The predicted octanol–water partition coefficient (Wildman–Crippen LogP) is 8.06. The number of halogens is 2. The molecule has 1 saturated heterocycles. The first-order valence-electron chi connectivity index (χ1n) is 15.8. The minimum atomic E-state index is -2.52. The second-order valence-electron chi connectivity index (χ2n) is 13.1. The van der Waals surface area contributed by atoms with Crippen LogP contribution in [0.5, 0.6) is 11.6 Å². The van der Waals surface area contributed by atoms with E-state index in [4.69, 9.17) is 14.5 Å². The largest absolute Gasteiger partial charge is 0.444 e. The van der Waals surface area contributed by atoms with Gasteiger partial charge in [0.25, 0.3) is 5.92 Å². The van der Waals surface area contributed by atoms with Gasteiger partial charge in [-0.15, -0.1) is 0 Å². The van der Waals surface area contributed by atoms with Crippen molar-refractivity contribution in [1.82, 2.24) is 19.9 Å². The minimum absolute atomic E-state index is 0.0228. The Hall–Kier alpha value is -4.54. The number of hydrogen-bond acceptors (Lipinski definition) is 8. The number of carbonyl (C=O) groups is 1. The van der Waals surface area contributed by atoms with Crippen LogP contribution in [0.25, 0.3) is 22.0 Å². The van der Waals surface area contributed by atoms with Gasteiger partial charge in [0.1, 0.15) is 11.4 Å². The van der Waals surface area contributed by atoms with E-state index >= 15 is 0 Å². The van der Waals surface area contributed by atoms with Gasteiger partial charge in [0.2, 0.25) is 11.8 Å². The summed E-state index contributed by atoms with van der Waals surface area (Å²) < 4.78 is 38.8. The molecule has 2 aromatic heterocycles. The SMILES string of the molecule is Cc1ccc2c(NCC[C@@H]3CC3(F)F)cccc2c1Oc1ncccc1-c1ccnc(N[C@H]2CCCN(C(=O)OC(C)(C)C)C2)n1. The zero-order valence-corrected chi connectivity index (χ0v) is 26.6. The van der Waals surface area contributed by atoms with Crippen LogP contribution in [0, 0.1) is 12.8 Å². The Balaban J connectivity index is 1.20. The molecule has 0 unspecified atom stereocenters. The van der Waals surface area contributed by atoms with Crippen molar-refractivity contribution in [1.29, 1.82) is 0 Å². The predicted molar refractivity (Wildman–Crippen MR) is 175 cm³/mol. The number of rotatable bonds is 9. The fourth-order valence-corrected chi connectivity index (χ4v) is 5.80. The van der Waals surface area contributed by atoms with E-state index < -0.39 is 17.4 Å². The van der Waals surface area contributed by atoms with E-state index in [0.717, 1.165) is 34.9 Å². The van der Waals surface area contributed by atoms with Gasteiger partial charge in [0.05, 0.1) is 11.3 Å². The quantitative estimate of drug-likeness (QED) is 0.192. The van der Waals surface area contributed by atoms with Crippen molar-refractivity contribution in [2.75, 3.05) is 30.3 Å². The zero-order chi connectivity index (χ0) is 32.5. The van der Waals surface area contributed by atoms with Crippen LogP contribution in [-0.2, 0) is 4.74 Å². The molecule has 11 heteroatoms. The highest BCUT2D eigenvalue weighted by Crippen LogP contribution is 2.50. The molecule has 6 rings (SSSR count). The Kier molecular flexibility index (Phi) is 8.67. The third-order valence-corrected chi connectivity index (χ3v) is 8.28. The van der Waals surface area contributed by atoms with Crippen molar-refractivity contribution in [3.05, 3.63) is 66.5 Å². The average Bonchev–Trinajstić information content (AvgIpc) is 3.63. The number of benzene rings is 2. The van der Waals surface area contributed by atoms with Gasteiger partial charge in [-0.2, -0.15) is 0 Å².